The molecule has 10 rings (SSSR count). The molecule has 0 bridgehead atoms. The first kappa shape index (κ1) is 28.6. The van der Waals surface area contributed by atoms with Crippen LogP contribution in [0.2, 0.25) is 0 Å². The third-order valence-corrected chi connectivity index (χ3v) is 10.5. The Labute approximate surface area is 291 Å². The molecule has 4 nitrogen and oxygen atoms in total. The van der Waals surface area contributed by atoms with E-state index in [2.05, 4.69) is 109 Å². The number of rotatable bonds is 4. The summed E-state index contributed by atoms with van der Waals surface area (Å²) in [4.78, 5) is 15.0. The van der Waals surface area contributed by atoms with E-state index in [1.807, 2.05) is 66.7 Å². The van der Waals surface area contributed by atoms with Gasteiger partial charge in [0.15, 0.2) is 17.5 Å². The Kier molecular flexibility index (Phi) is 6.50. The molecule has 50 heavy (non-hydrogen) atoms. The number of fused-ring (bicyclic) bond motifs is 9. The molecule has 0 saturated carbocycles. The molecule has 2 aliphatic carbocycles. The fourth-order valence-corrected chi connectivity index (χ4v) is 8.40. The van der Waals surface area contributed by atoms with Crippen LogP contribution in [-0.4, -0.2) is 15.0 Å². The molecule has 4 heteroatoms. The smallest absolute Gasteiger partial charge is 0.164 e. The van der Waals surface area contributed by atoms with Gasteiger partial charge in [0, 0.05) is 39.7 Å². The monoisotopic (exact) mass is 641 g/mol. The van der Waals surface area contributed by atoms with E-state index in [1.54, 1.807) is 0 Å². The zero-order valence-electron chi connectivity index (χ0n) is 27.1. The quantitative estimate of drug-likeness (QED) is 0.192. The number of allylic oxidation sites excluding steroid dienone is 4. The minimum atomic E-state index is -0.381. The van der Waals surface area contributed by atoms with Crippen LogP contribution in [-0.2, 0) is 5.41 Å². The van der Waals surface area contributed by atoms with Gasteiger partial charge in [-0.05, 0) is 34.4 Å². The van der Waals surface area contributed by atoms with E-state index in [9.17, 15) is 0 Å². The standard InChI is InChI=1S/C46H31N3O/c1-3-15-30(16-4-1)43-47-44(31-17-5-2-6-18-31)49-45(48-43)36-22-8-7-19-33(36)32-27-28-40-42(29-32)50-41-26-14-13-25-39(41)46(40)37-23-11-9-20-34(37)35-21-10-12-24-38(35)46/h1-29,34,37H. The molecule has 0 N–H and O–H groups in total. The second-order valence-electron chi connectivity index (χ2n) is 13.1. The number of hydrogen-bond acceptors (Lipinski definition) is 4. The van der Waals surface area contributed by atoms with Gasteiger partial charge in [-0.1, -0.05) is 164 Å². The van der Waals surface area contributed by atoms with Crippen molar-refractivity contribution in [2.45, 2.75) is 11.3 Å². The van der Waals surface area contributed by atoms with Crippen LogP contribution < -0.4 is 4.74 Å². The highest BCUT2D eigenvalue weighted by Crippen LogP contribution is 2.64. The second-order valence-corrected chi connectivity index (χ2v) is 13.1. The van der Waals surface area contributed by atoms with Gasteiger partial charge in [0.2, 0.25) is 0 Å². The Morgan fingerprint density at radius 3 is 1.78 bits per heavy atom. The van der Waals surface area contributed by atoms with Crippen molar-refractivity contribution in [1.29, 1.82) is 0 Å². The summed E-state index contributed by atoms with van der Waals surface area (Å²) >= 11 is 0. The molecule has 2 heterocycles. The molecule has 7 aromatic rings. The molecule has 3 aliphatic rings. The van der Waals surface area contributed by atoms with Crippen molar-refractivity contribution >= 4 is 0 Å². The van der Waals surface area contributed by atoms with E-state index in [-0.39, 0.29) is 17.3 Å². The Morgan fingerprint density at radius 1 is 0.440 bits per heavy atom. The van der Waals surface area contributed by atoms with E-state index < -0.39 is 0 Å². The molecule has 1 aromatic heterocycles. The number of hydrogen-bond donors (Lipinski definition) is 0. The molecular weight excluding hydrogens is 611 g/mol. The highest BCUT2D eigenvalue weighted by atomic mass is 16.5. The van der Waals surface area contributed by atoms with Crippen molar-refractivity contribution in [3.05, 3.63) is 198 Å². The summed E-state index contributed by atoms with van der Waals surface area (Å²) in [5.41, 5.74) is 9.65. The average molecular weight is 642 g/mol. The fraction of sp³-hybridized carbons (Fsp3) is 0.0652. The van der Waals surface area contributed by atoms with Crippen LogP contribution in [0.4, 0.5) is 0 Å². The van der Waals surface area contributed by atoms with Gasteiger partial charge >= 0.3 is 0 Å². The third kappa shape index (κ3) is 4.28. The minimum absolute atomic E-state index is 0.227. The van der Waals surface area contributed by atoms with Crippen molar-refractivity contribution in [2.75, 3.05) is 0 Å². The highest BCUT2D eigenvalue weighted by molar-refractivity contribution is 5.83. The van der Waals surface area contributed by atoms with Crippen molar-refractivity contribution in [1.82, 2.24) is 15.0 Å². The maximum Gasteiger partial charge on any atom is 0.164 e. The lowest BCUT2D eigenvalue weighted by molar-refractivity contribution is 0.374. The SMILES string of the molecule is C1=CC2c3ccccc3C3(c4ccccc4Oc4cc(-c5ccccc5-c5nc(-c6ccccc6)nc(-c6ccccc6)n5)ccc43)C2C=C1. The second kappa shape index (κ2) is 11.4. The lowest BCUT2D eigenvalue weighted by Crippen LogP contribution is -2.37. The Bertz CT molecular complexity index is 2430. The summed E-state index contributed by atoms with van der Waals surface area (Å²) in [5, 5.41) is 0. The van der Waals surface area contributed by atoms with E-state index >= 15 is 0 Å². The maximum absolute atomic E-state index is 6.84. The lowest BCUT2D eigenvalue weighted by Gasteiger charge is -2.43. The summed E-state index contributed by atoms with van der Waals surface area (Å²) in [5.74, 6) is 4.20. The Hall–Kier alpha value is -6.39. The van der Waals surface area contributed by atoms with E-state index in [0.717, 1.165) is 39.3 Å². The average Bonchev–Trinajstić information content (AvgIpc) is 3.49. The number of para-hydroxylation sites is 1. The van der Waals surface area contributed by atoms with Gasteiger partial charge in [-0.25, -0.2) is 15.0 Å². The topological polar surface area (TPSA) is 47.9 Å². The molecule has 0 amide bonds. The van der Waals surface area contributed by atoms with Crippen LogP contribution in [0.1, 0.15) is 28.2 Å². The summed E-state index contributed by atoms with van der Waals surface area (Å²) in [6.07, 6.45) is 9.16. The number of nitrogens with zero attached hydrogens (tertiary/aromatic N) is 3. The molecule has 0 radical (unpaired) electrons. The highest BCUT2D eigenvalue weighted by Gasteiger charge is 2.56. The van der Waals surface area contributed by atoms with Gasteiger partial charge in [-0.3, -0.25) is 0 Å². The predicted octanol–water partition coefficient (Wildman–Crippen LogP) is 10.8. The molecule has 0 fully saturated rings. The van der Waals surface area contributed by atoms with Crippen LogP contribution >= 0.6 is 0 Å². The molecule has 0 saturated heterocycles. The molecule has 3 unspecified atom stereocenters. The molecule has 236 valence electrons. The predicted molar refractivity (Wildman–Crippen MR) is 199 cm³/mol. The van der Waals surface area contributed by atoms with Crippen LogP contribution in [0.3, 0.4) is 0 Å². The molecular formula is C46H31N3O. The van der Waals surface area contributed by atoms with Crippen molar-refractivity contribution in [2.24, 2.45) is 5.92 Å². The largest absolute Gasteiger partial charge is 0.457 e. The Morgan fingerprint density at radius 2 is 1.02 bits per heavy atom. The lowest BCUT2D eigenvalue weighted by atomic mass is 9.62. The summed E-state index contributed by atoms with van der Waals surface area (Å²) < 4.78 is 6.84. The molecule has 6 aromatic carbocycles. The maximum atomic E-state index is 6.84. The van der Waals surface area contributed by atoms with Crippen LogP contribution in [0.15, 0.2) is 176 Å². The van der Waals surface area contributed by atoms with Crippen LogP contribution in [0, 0.1) is 5.92 Å². The van der Waals surface area contributed by atoms with E-state index in [0.29, 0.717) is 17.5 Å². The molecule has 1 spiro atoms. The van der Waals surface area contributed by atoms with Crippen LogP contribution in [0.25, 0.3) is 45.3 Å². The number of aromatic nitrogens is 3. The summed E-state index contributed by atoms with van der Waals surface area (Å²) in [6.45, 7) is 0. The zero-order chi connectivity index (χ0) is 33.1. The van der Waals surface area contributed by atoms with Crippen molar-refractivity contribution in [3.63, 3.8) is 0 Å². The van der Waals surface area contributed by atoms with Crippen LogP contribution in [0.5, 0.6) is 11.5 Å². The first-order valence-electron chi connectivity index (χ1n) is 17.1. The zero-order valence-corrected chi connectivity index (χ0v) is 27.1. The third-order valence-electron chi connectivity index (χ3n) is 10.5. The molecule has 1 aliphatic heterocycles. The Balaban J connectivity index is 1.16. The summed E-state index contributed by atoms with van der Waals surface area (Å²) in [6, 6.07) is 52.9. The number of benzene rings is 6. The fourth-order valence-electron chi connectivity index (χ4n) is 8.40. The van der Waals surface area contributed by atoms with Gasteiger partial charge < -0.3 is 4.74 Å². The van der Waals surface area contributed by atoms with Crippen molar-refractivity contribution in [3.8, 4) is 56.8 Å². The number of ether oxygens (including phenoxy) is 1. The van der Waals surface area contributed by atoms with E-state index in [4.69, 9.17) is 19.7 Å². The van der Waals surface area contributed by atoms with E-state index in [1.165, 1.54) is 22.3 Å². The van der Waals surface area contributed by atoms with Gasteiger partial charge in [-0.2, -0.15) is 0 Å². The first-order valence-corrected chi connectivity index (χ1v) is 17.1. The van der Waals surface area contributed by atoms with Gasteiger partial charge in [0.05, 0.1) is 5.41 Å². The van der Waals surface area contributed by atoms with Gasteiger partial charge in [0.25, 0.3) is 0 Å². The minimum Gasteiger partial charge on any atom is -0.457 e. The normalized spacial score (nSPS) is 19.3. The van der Waals surface area contributed by atoms with Gasteiger partial charge in [0.1, 0.15) is 11.5 Å². The molecule has 3 atom stereocenters. The van der Waals surface area contributed by atoms with Gasteiger partial charge in [-0.15, -0.1) is 0 Å². The first-order chi connectivity index (χ1) is 24.8. The summed E-state index contributed by atoms with van der Waals surface area (Å²) in [7, 11) is 0. The van der Waals surface area contributed by atoms with Crippen molar-refractivity contribution < 1.29 is 4.74 Å².